The Balaban J connectivity index is 1.52. The first-order valence-corrected chi connectivity index (χ1v) is 9.92. The Morgan fingerprint density at radius 2 is 2.08 bits per heavy atom. The van der Waals surface area contributed by atoms with E-state index in [0.29, 0.717) is 6.04 Å². The largest absolute Gasteiger partial charge is 0.339 e. The number of benzene rings is 1. The van der Waals surface area contributed by atoms with Crippen LogP contribution in [0.15, 0.2) is 24.3 Å². The van der Waals surface area contributed by atoms with Gasteiger partial charge in [0.15, 0.2) is 0 Å². The Morgan fingerprint density at radius 1 is 1.24 bits per heavy atom. The van der Waals surface area contributed by atoms with Gasteiger partial charge >= 0.3 is 0 Å². The highest BCUT2D eigenvalue weighted by Crippen LogP contribution is 2.26. The molecule has 1 saturated heterocycles. The van der Waals surface area contributed by atoms with E-state index in [2.05, 4.69) is 41.4 Å². The van der Waals surface area contributed by atoms with Crippen molar-refractivity contribution in [3.8, 4) is 0 Å². The summed E-state index contributed by atoms with van der Waals surface area (Å²) >= 11 is 0. The maximum atomic E-state index is 11.8. The van der Waals surface area contributed by atoms with Crippen molar-refractivity contribution in [1.82, 2.24) is 15.1 Å². The van der Waals surface area contributed by atoms with Gasteiger partial charge in [-0.2, -0.15) is 0 Å². The van der Waals surface area contributed by atoms with Gasteiger partial charge < -0.3 is 15.1 Å². The minimum Gasteiger partial charge on any atom is -0.339 e. The van der Waals surface area contributed by atoms with Gasteiger partial charge in [0.05, 0.1) is 0 Å². The SMILES string of the molecule is CC(=O)N1CCC(NCCCN2CCCC(C)C2)c2ccccc2C1. The predicted molar refractivity (Wildman–Crippen MR) is 102 cm³/mol. The van der Waals surface area contributed by atoms with Crippen molar-refractivity contribution >= 4 is 5.91 Å². The number of carbonyl (C=O) groups excluding carboxylic acids is 1. The van der Waals surface area contributed by atoms with Crippen LogP contribution in [0.5, 0.6) is 0 Å². The van der Waals surface area contributed by atoms with E-state index < -0.39 is 0 Å². The summed E-state index contributed by atoms with van der Waals surface area (Å²) in [5.41, 5.74) is 2.66. The molecule has 0 aliphatic carbocycles. The molecule has 0 aromatic heterocycles. The molecule has 25 heavy (non-hydrogen) atoms. The molecule has 0 bridgehead atoms. The number of hydrogen-bond donors (Lipinski definition) is 1. The van der Waals surface area contributed by atoms with Crippen LogP contribution in [0, 0.1) is 5.92 Å². The minimum atomic E-state index is 0.176. The average molecular weight is 344 g/mol. The molecule has 0 saturated carbocycles. The van der Waals surface area contributed by atoms with Gasteiger partial charge in [-0.25, -0.2) is 0 Å². The first-order chi connectivity index (χ1) is 12.1. The molecule has 3 rings (SSSR count). The fourth-order valence-electron chi connectivity index (χ4n) is 4.29. The fraction of sp³-hybridized carbons (Fsp3) is 0.667. The highest BCUT2D eigenvalue weighted by molar-refractivity contribution is 5.73. The average Bonchev–Trinajstić information content (AvgIpc) is 2.79. The molecule has 2 aliphatic heterocycles. The van der Waals surface area contributed by atoms with Crippen LogP contribution in [0.1, 0.15) is 56.7 Å². The van der Waals surface area contributed by atoms with Crippen LogP contribution in [0.4, 0.5) is 0 Å². The number of nitrogens with one attached hydrogen (secondary N) is 1. The first kappa shape index (κ1) is 18.4. The van der Waals surface area contributed by atoms with Crippen LogP contribution < -0.4 is 5.32 Å². The van der Waals surface area contributed by atoms with Crippen molar-refractivity contribution in [2.45, 2.75) is 52.1 Å². The maximum Gasteiger partial charge on any atom is 0.219 e. The number of amides is 1. The summed E-state index contributed by atoms with van der Waals surface area (Å²) in [6, 6.07) is 8.95. The highest BCUT2D eigenvalue weighted by atomic mass is 16.2. The summed E-state index contributed by atoms with van der Waals surface area (Å²) in [7, 11) is 0. The summed E-state index contributed by atoms with van der Waals surface area (Å²) in [6.45, 7) is 10.4. The zero-order valence-electron chi connectivity index (χ0n) is 15.8. The predicted octanol–water partition coefficient (Wildman–Crippen LogP) is 3.19. The number of nitrogens with zero attached hydrogens (tertiary/aromatic N) is 2. The minimum absolute atomic E-state index is 0.176. The molecule has 1 amide bonds. The molecule has 4 heteroatoms. The number of rotatable bonds is 5. The molecule has 0 spiro atoms. The van der Waals surface area contributed by atoms with Gasteiger partial charge in [0.1, 0.15) is 0 Å². The summed E-state index contributed by atoms with van der Waals surface area (Å²) in [6.07, 6.45) is 4.94. The number of likely N-dealkylation sites (tertiary alicyclic amines) is 1. The number of hydrogen-bond acceptors (Lipinski definition) is 3. The maximum absolute atomic E-state index is 11.8. The molecule has 138 valence electrons. The second kappa shape index (κ2) is 8.81. The van der Waals surface area contributed by atoms with Gasteiger partial charge in [-0.05, 0) is 62.4 Å². The molecule has 2 unspecified atom stereocenters. The zero-order chi connectivity index (χ0) is 17.6. The molecule has 2 atom stereocenters. The summed E-state index contributed by atoms with van der Waals surface area (Å²) in [5, 5.41) is 3.76. The van der Waals surface area contributed by atoms with Gasteiger partial charge in [-0.1, -0.05) is 31.2 Å². The zero-order valence-corrected chi connectivity index (χ0v) is 15.8. The molecule has 2 aliphatic rings. The van der Waals surface area contributed by atoms with Crippen molar-refractivity contribution in [3.05, 3.63) is 35.4 Å². The lowest BCUT2D eigenvalue weighted by Gasteiger charge is -2.31. The number of piperidine rings is 1. The normalized spacial score (nSPS) is 24.6. The van der Waals surface area contributed by atoms with E-state index >= 15 is 0 Å². The van der Waals surface area contributed by atoms with Gasteiger partial charge in [0, 0.05) is 32.6 Å². The van der Waals surface area contributed by atoms with Gasteiger partial charge in [-0.15, -0.1) is 0 Å². The molecule has 1 fully saturated rings. The molecular formula is C21H33N3O. The number of fused-ring (bicyclic) bond motifs is 1. The Kier molecular flexibility index (Phi) is 6.49. The molecule has 2 heterocycles. The van der Waals surface area contributed by atoms with Crippen molar-refractivity contribution in [3.63, 3.8) is 0 Å². The summed E-state index contributed by atoms with van der Waals surface area (Å²) in [4.78, 5) is 16.4. The smallest absolute Gasteiger partial charge is 0.219 e. The topological polar surface area (TPSA) is 35.6 Å². The van der Waals surface area contributed by atoms with E-state index in [1.807, 2.05) is 4.90 Å². The second-order valence-electron chi connectivity index (χ2n) is 7.84. The Morgan fingerprint density at radius 3 is 2.88 bits per heavy atom. The summed E-state index contributed by atoms with van der Waals surface area (Å²) < 4.78 is 0. The van der Waals surface area contributed by atoms with Gasteiger partial charge in [0.2, 0.25) is 5.91 Å². The van der Waals surface area contributed by atoms with Crippen molar-refractivity contribution < 1.29 is 4.79 Å². The molecule has 4 nitrogen and oxygen atoms in total. The highest BCUT2D eigenvalue weighted by Gasteiger charge is 2.23. The van der Waals surface area contributed by atoms with Crippen molar-refractivity contribution in [2.24, 2.45) is 5.92 Å². The summed E-state index contributed by atoms with van der Waals surface area (Å²) in [5.74, 6) is 1.03. The van der Waals surface area contributed by atoms with E-state index in [1.54, 1.807) is 6.92 Å². The lowest BCUT2D eigenvalue weighted by atomic mass is 9.99. The molecule has 1 aromatic carbocycles. The van der Waals surface area contributed by atoms with Gasteiger partial charge in [-0.3, -0.25) is 4.79 Å². The lowest BCUT2D eigenvalue weighted by Crippen LogP contribution is -2.36. The number of carbonyl (C=O) groups is 1. The van der Waals surface area contributed by atoms with Crippen molar-refractivity contribution in [1.29, 1.82) is 0 Å². The molecule has 1 aromatic rings. The lowest BCUT2D eigenvalue weighted by molar-refractivity contribution is -0.129. The Labute approximate surface area is 152 Å². The third-order valence-corrected chi connectivity index (χ3v) is 5.71. The van der Waals surface area contributed by atoms with Crippen LogP contribution in [0.3, 0.4) is 0 Å². The van der Waals surface area contributed by atoms with E-state index in [0.717, 1.165) is 32.0 Å². The van der Waals surface area contributed by atoms with Crippen molar-refractivity contribution in [2.75, 3.05) is 32.7 Å². The standard InChI is InChI=1S/C21H33N3O/c1-17-7-5-12-23(15-17)13-6-11-22-21-10-14-24(18(2)25)16-19-8-3-4-9-20(19)21/h3-4,8-9,17,21-22H,5-7,10-16H2,1-2H3. The van der Waals surface area contributed by atoms with E-state index in [1.165, 1.54) is 50.0 Å². The van der Waals surface area contributed by atoms with Crippen LogP contribution in [0.2, 0.25) is 0 Å². The second-order valence-corrected chi connectivity index (χ2v) is 7.84. The molecule has 1 N–H and O–H groups in total. The third-order valence-electron chi connectivity index (χ3n) is 5.71. The first-order valence-electron chi connectivity index (χ1n) is 9.92. The monoisotopic (exact) mass is 343 g/mol. The van der Waals surface area contributed by atoms with Crippen LogP contribution in [-0.4, -0.2) is 48.4 Å². The Hall–Kier alpha value is -1.39. The quantitative estimate of drug-likeness (QED) is 0.834. The third kappa shape index (κ3) is 5.05. The van der Waals surface area contributed by atoms with Gasteiger partial charge in [0.25, 0.3) is 0 Å². The Bertz CT molecular complexity index is 574. The molecule has 0 radical (unpaired) electrons. The van der Waals surface area contributed by atoms with Crippen LogP contribution in [-0.2, 0) is 11.3 Å². The molecular weight excluding hydrogens is 310 g/mol. The van der Waals surface area contributed by atoms with Crippen LogP contribution >= 0.6 is 0 Å². The van der Waals surface area contributed by atoms with Crippen LogP contribution in [0.25, 0.3) is 0 Å². The fourth-order valence-corrected chi connectivity index (χ4v) is 4.29. The van der Waals surface area contributed by atoms with E-state index in [9.17, 15) is 4.79 Å². The van der Waals surface area contributed by atoms with E-state index in [4.69, 9.17) is 0 Å². The van der Waals surface area contributed by atoms with E-state index in [-0.39, 0.29) is 5.91 Å².